The molecule has 0 unspecified atom stereocenters. The maximum Gasteiger partial charge on any atom is 0.259 e. The molecule has 29 heavy (non-hydrogen) atoms. The smallest absolute Gasteiger partial charge is 0.259 e. The molecule has 1 saturated carbocycles. The lowest BCUT2D eigenvalue weighted by Crippen LogP contribution is -2.29. The van der Waals surface area contributed by atoms with Gasteiger partial charge in [0.15, 0.2) is 0 Å². The summed E-state index contributed by atoms with van der Waals surface area (Å²) in [6.45, 7) is 4.61. The standard InChI is InChI=1S/C26H27NO2/c1-19-10-11-22(20(2)16-19)18-27-23(12-15-26(29)13-6-3-7-14-26)17-21-8-4-5-9-24(21)25(27)28/h4-5,8-11,16-17,29H,3,6-7,13-14,18H2,1-2H3. The molecule has 1 aliphatic carbocycles. The largest absolute Gasteiger partial charge is 0.378 e. The molecule has 0 atom stereocenters. The summed E-state index contributed by atoms with van der Waals surface area (Å²) >= 11 is 0. The van der Waals surface area contributed by atoms with Gasteiger partial charge in [-0.05, 0) is 74.1 Å². The summed E-state index contributed by atoms with van der Waals surface area (Å²) < 4.78 is 1.75. The van der Waals surface area contributed by atoms with Gasteiger partial charge in [-0.25, -0.2) is 0 Å². The van der Waals surface area contributed by atoms with E-state index in [0.29, 0.717) is 30.5 Å². The van der Waals surface area contributed by atoms with E-state index >= 15 is 0 Å². The van der Waals surface area contributed by atoms with Gasteiger partial charge in [0.2, 0.25) is 0 Å². The second-order valence-corrected chi connectivity index (χ2v) is 8.28. The van der Waals surface area contributed by atoms with Crippen LogP contribution < -0.4 is 5.56 Å². The van der Waals surface area contributed by atoms with Crippen LogP contribution in [0, 0.1) is 25.7 Å². The van der Waals surface area contributed by atoms with Crippen LogP contribution in [0.15, 0.2) is 53.3 Å². The van der Waals surface area contributed by atoms with Crippen LogP contribution in [-0.2, 0) is 6.54 Å². The lowest BCUT2D eigenvalue weighted by molar-refractivity contribution is 0.0610. The maximum absolute atomic E-state index is 13.3. The minimum atomic E-state index is -0.940. The molecule has 3 aromatic rings. The van der Waals surface area contributed by atoms with Crippen LogP contribution in [0.5, 0.6) is 0 Å². The molecule has 0 spiro atoms. The molecule has 1 heterocycles. The predicted octanol–water partition coefficient (Wildman–Crippen LogP) is 4.71. The van der Waals surface area contributed by atoms with Crippen LogP contribution in [0.1, 0.15) is 54.5 Å². The molecule has 0 radical (unpaired) electrons. The fourth-order valence-electron chi connectivity index (χ4n) is 4.19. The summed E-state index contributed by atoms with van der Waals surface area (Å²) in [5.41, 5.74) is 3.15. The van der Waals surface area contributed by atoms with Crippen molar-refractivity contribution in [3.05, 3.63) is 81.3 Å². The molecular formula is C26H27NO2. The summed E-state index contributed by atoms with van der Waals surface area (Å²) in [4.78, 5) is 13.3. The second-order valence-electron chi connectivity index (χ2n) is 8.28. The molecule has 1 aromatic heterocycles. The van der Waals surface area contributed by atoms with Gasteiger partial charge in [0.1, 0.15) is 5.60 Å². The first-order valence-electron chi connectivity index (χ1n) is 10.4. The summed E-state index contributed by atoms with van der Waals surface area (Å²) in [5.74, 6) is 6.27. The zero-order chi connectivity index (χ0) is 20.4. The normalized spacial score (nSPS) is 15.7. The first kappa shape index (κ1) is 19.5. The zero-order valence-electron chi connectivity index (χ0n) is 17.2. The second kappa shape index (κ2) is 7.89. The molecule has 3 heteroatoms. The Morgan fingerprint density at radius 3 is 2.55 bits per heavy atom. The van der Waals surface area contributed by atoms with Crippen molar-refractivity contribution in [1.29, 1.82) is 0 Å². The number of aromatic nitrogens is 1. The minimum Gasteiger partial charge on any atom is -0.378 e. The van der Waals surface area contributed by atoms with Crippen molar-refractivity contribution in [3.8, 4) is 11.8 Å². The van der Waals surface area contributed by atoms with E-state index in [1.54, 1.807) is 4.57 Å². The average Bonchev–Trinajstić information content (AvgIpc) is 2.71. The molecule has 3 nitrogen and oxygen atoms in total. The van der Waals surface area contributed by atoms with Crippen molar-refractivity contribution in [1.82, 2.24) is 4.57 Å². The number of benzene rings is 2. The first-order valence-corrected chi connectivity index (χ1v) is 10.4. The molecule has 0 amide bonds. The van der Waals surface area contributed by atoms with Crippen LogP contribution in [0.2, 0.25) is 0 Å². The van der Waals surface area contributed by atoms with Crippen LogP contribution in [-0.4, -0.2) is 15.3 Å². The Kier molecular flexibility index (Phi) is 5.30. The summed E-state index contributed by atoms with van der Waals surface area (Å²) in [6.07, 6.45) is 4.55. The van der Waals surface area contributed by atoms with Crippen LogP contribution in [0.25, 0.3) is 10.8 Å². The van der Waals surface area contributed by atoms with Crippen molar-refractivity contribution in [2.24, 2.45) is 0 Å². The van der Waals surface area contributed by atoms with E-state index in [1.807, 2.05) is 30.3 Å². The number of nitrogens with zero attached hydrogens (tertiary/aromatic N) is 1. The Hall–Kier alpha value is -2.83. The fourth-order valence-corrected chi connectivity index (χ4v) is 4.19. The highest BCUT2D eigenvalue weighted by Crippen LogP contribution is 2.27. The SMILES string of the molecule is Cc1ccc(Cn2c(C#CC3(O)CCCCC3)cc3ccccc3c2=O)c(C)c1. The van der Waals surface area contributed by atoms with Crippen LogP contribution in [0.4, 0.5) is 0 Å². The van der Waals surface area contributed by atoms with Gasteiger partial charge in [0.05, 0.1) is 12.2 Å². The van der Waals surface area contributed by atoms with E-state index in [1.165, 1.54) is 5.56 Å². The molecule has 1 aliphatic rings. The highest BCUT2D eigenvalue weighted by molar-refractivity contribution is 5.82. The number of aryl methyl sites for hydroxylation is 2. The molecule has 4 rings (SSSR count). The van der Waals surface area contributed by atoms with Gasteiger partial charge in [0, 0.05) is 5.39 Å². The third-order valence-corrected chi connectivity index (χ3v) is 5.95. The quantitative estimate of drug-likeness (QED) is 0.649. The molecule has 1 N–H and O–H groups in total. The lowest BCUT2D eigenvalue weighted by atomic mass is 9.85. The third kappa shape index (κ3) is 4.13. The number of rotatable bonds is 2. The van der Waals surface area contributed by atoms with E-state index in [0.717, 1.165) is 35.8 Å². The van der Waals surface area contributed by atoms with E-state index in [9.17, 15) is 9.90 Å². The van der Waals surface area contributed by atoms with Gasteiger partial charge in [0.25, 0.3) is 5.56 Å². The summed E-state index contributed by atoms with van der Waals surface area (Å²) in [5, 5.41) is 12.4. The number of fused-ring (bicyclic) bond motifs is 1. The molecule has 0 bridgehead atoms. The van der Waals surface area contributed by atoms with Gasteiger partial charge in [-0.15, -0.1) is 0 Å². The van der Waals surface area contributed by atoms with Crippen molar-refractivity contribution in [2.45, 2.75) is 58.1 Å². The monoisotopic (exact) mass is 385 g/mol. The molecule has 148 valence electrons. The molecule has 0 saturated heterocycles. The Morgan fingerprint density at radius 1 is 1.03 bits per heavy atom. The summed E-state index contributed by atoms with van der Waals surface area (Å²) in [7, 11) is 0. The van der Waals surface area contributed by atoms with Crippen molar-refractivity contribution < 1.29 is 5.11 Å². The fraction of sp³-hybridized carbons (Fsp3) is 0.346. The zero-order valence-corrected chi connectivity index (χ0v) is 17.2. The van der Waals surface area contributed by atoms with Gasteiger partial charge >= 0.3 is 0 Å². The number of aliphatic hydroxyl groups is 1. The molecule has 0 aliphatic heterocycles. The lowest BCUT2D eigenvalue weighted by Gasteiger charge is -2.26. The van der Waals surface area contributed by atoms with E-state index < -0.39 is 5.60 Å². The molecule has 1 fully saturated rings. The van der Waals surface area contributed by atoms with Gasteiger partial charge < -0.3 is 5.11 Å². The number of pyridine rings is 1. The summed E-state index contributed by atoms with van der Waals surface area (Å²) in [6, 6.07) is 15.9. The average molecular weight is 386 g/mol. The Bertz CT molecular complexity index is 1170. The number of hydrogen-bond acceptors (Lipinski definition) is 2. The number of hydrogen-bond donors (Lipinski definition) is 1. The van der Waals surface area contributed by atoms with Crippen molar-refractivity contribution in [2.75, 3.05) is 0 Å². The van der Waals surface area contributed by atoms with E-state index in [4.69, 9.17) is 0 Å². The minimum absolute atomic E-state index is 0.0389. The Balaban J connectivity index is 1.84. The van der Waals surface area contributed by atoms with Crippen LogP contribution >= 0.6 is 0 Å². The first-order chi connectivity index (χ1) is 14.0. The topological polar surface area (TPSA) is 42.2 Å². The maximum atomic E-state index is 13.3. The van der Waals surface area contributed by atoms with E-state index in [-0.39, 0.29) is 5.56 Å². The Labute approximate surface area is 172 Å². The third-order valence-electron chi connectivity index (χ3n) is 5.95. The van der Waals surface area contributed by atoms with Crippen molar-refractivity contribution in [3.63, 3.8) is 0 Å². The van der Waals surface area contributed by atoms with Crippen molar-refractivity contribution >= 4 is 10.8 Å². The van der Waals surface area contributed by atoms with E-state index in [2.05, 4.69) is 43.9 Å². The van der Waals surface area contributed by atoms with Crippen LogP contribution in [0.3, 0.4) is 0 Å². The Morgan fingerprint density at radius 2 is 1.79 bits per heavy atom. The highest BCUT2D eigenvalue weighted by Gasteiger charge is 2.26. The molecular weight excluding hydrogens is 358 g/mol. The van der Waals surface area contributed by atoms with Gasteiger partial charge in [-0.1, -0.05) is 54.3 Å². The van der Waals surface area contributed by atoms with Gasteiger partial charge in [-0.2, -0.15) is 0 Å². The molecule has 2 aromatic carbocycles. The highest BCUT2D eigenvalue weighted by atomic mass is 16.3. The van der Waals surface area contributed by atoms with Gasteiger partial charge in [-0.3, -0.25) is 9.36 Å². The predicted molar refractivity (Wildman–Crippen MR) is 118 cm³/mol.